The summed E-state index contributed by atoms with van der Waals surface area (Å²) in [7, 11) is 0. The van der Waals surface area contributed by atoms with E-state index in [9.17, 15) is 9.59 Å². The SMILES string of the molecule is CCOC(=O)CN1CC(=O)c2ccccc2N1. The van der Waals surface area contributed by atoms with Gasteiger partial charge in [-0.2, -0.15) is 0 Å². The quantitative estimate of drug-likeness (QED) is 0.793. The molecule has 90 valence electrons. The lowest BCUT2D eigenvalue weighted by atomic mass is 10.1. The zero-order valence-electron chi connectivity index (χ0n) is 9.60. The predicted molar refractivity (Wildman–Crippen MR) is 62.6 cm³/mol. The molecule has 0 atom stereocenters. The molecule has 1 N–H and O–H groups in total. The van der Waals surface area contributed by atoms with E-state index in [-0.39, 0.29) is 24.8 Å². The lowest BCUT2D eigenvalue weighted by Gasteiger charge is -2.28. The van der Waals surface area contributed by atoms with Crippen LogP contribution in [-0.4, -0.2) is 36.5 Å². The summed E-state index contributed by atoms with van der Waals surface area (Å²) in [5.74, 6) is -0.337. The van der Waals surface area contributed by atoms with E-state index in [2.05, 4.69) is 5.43 Å². The summed E-state index contributed by atoms with van der Waals surface area (Å²) in [6.45, 7) is 2.34. The van der Waals surface area contributed by atoms with Gasteiger partial charge in [-0.25, -0.2) is 5.01 Å². The second-order valence-electron chi connectivity index (χ2n) is 3.74. The maximum Gasteiger partial charge on any atom is 0.322 e. The summed E-state index contributed by atoms with van der Waals surface area (Å²) in [5, 5.41) is 1.56. The number of fused-ring (bicyclic) bond motifs is 1. The van der Waals surface area contributed by atoms with E-state index in [0.29, 0.717) is 12.2 Å². The van der Waals surface area contributed by atoms with Crippen LogP contribution in [0.15, 0.2) is 24.3 Å². The van der Waals surface area contributed by atoms with Gasteiger partial charge in [-0.3, -0.25) is 9.59 Å². The molecule has 0 amide bonds. The molecule has 0 aliphatic carbocycles. The summed E-state index contributed by atoms with van der Waals surface area (Å²) in [6, 6.07) is 7.24. The van der Waals surface area contributed by atoms with Crippen LogP contribution in [0.4, 0.5) is 5.69 Å². The number of benzene rings is 1. The third-order valence-corrected chi connectivity index (χ3v) is 2.47. The third-order valence-electron chi connectivity index (χ3n) is 2.47. The van der Waals surface area contributed by atoms with Crippen LogP contribution in [0.25, 0.3) is 0 Å². The van der Waals surface area contributed by atoms with Gasteiger partial charge < -0.3 is 10.2 Å². The van der Waals surface area contributed by atoms with E-state index in [0.717, 1.165) is 5.69 Å². The van der Waals surface area contributed by atoms with Gasteiger partial charge in [-0.15, -0.1) is 0 Å². The Hall–Kier alpha value is -1.88. The van der Waals surface area contributed by atoms with Crippen LogP contribution in [0, 0.1) is 0 Å². The highest BCUT2D eigenvalue weighted by Crippen LogP contribution is 2.20. The Morgan fingerprint density at radius 3 is 3.00 bits per heavy atom. The van der Waals surface area contributed by atoms with Gasteiger partial charge in [0.1, 0.15) is 6.54 Å². The van der Waals surface area contributed by atoms with E-state index in [1.165, 1.54) is 0 Å². The van der Waals surface area contributed by atoms with Gasteiger partial charge in [-0.05, 0) is 19.1 Å². The van der Waals surface area contributed by atoms with Crippen molar-refractivity contribution in [2.45, 2.75) is 6.92 Å². The maximum atomic E-state index is 11.8. The van der Waals surface area contributed by atoms with Crippen LogP contribution in [0.1, 0.15) is 17.3 Å². The first-order valence-corrected chi connectivity index (χ1v) is 5.50. The van der Waals surface area contributed by atoms with E-state index >= 15 is 0 Å². The first-order valence-electron chi connectivity index (χ1n) is 5.50. The summed E-state index contributed by atoms with van der Waals surface area (Å²) in [5.41, 5.74) is 4.42. The molecule has 1 aromatic rings. The monoisotopic (exact) mass is 234 g/mol. The van der Waals surface area contributed by atoms with Gasteiger partial charge in [0.05, 0.1) is 18.8 Å². The number of nitrogens with zero attached hydrogens (tertiary/aromatic N) is 1. The molecule has 1 aliphatic heterocycles. The Morgan fingerprint density at radius 1 is 1.47 bits per heavy atom. The van der Waals surface area contributed by atoms with Crippen LogP contribution in [0.2, 0.25) is 0 Å². The van der Waals surface area contributed by atoms with Crippen molar-refractivity contribution in [3.63, 3.8) is 0 Å². The van der Waals surface area contributed by atoms with Crippen molar-refractivity contribution in [3.8, 4) is 0 Å². The lowest BCUT2D eigenvalue weighted by Crippen LogP contribution is -2.43. The smallest absolute Gasteiger partial charge is 0.322 e. The minimum Gasteiger partial charge on any atom is -0.465 e. The molecule has 1 aliphatic rings. The number of ether oxygens (including phenoxy) is 1. The maximum absolute atomic E-state index is 11.8. The van der Waals surface area contributed by atoms with E-state index in [1.54, 1.807) is 18.0 Å². The molecule has 1 aromatic carbocycles. The van der Waals surface area contributed by atoms with Crippen LogP contribution in [-0.2, 0) is 9.53 Å². The normalized spacial score (nSPS) is 15.0. The van der Waals surface area contributed by atoms with Gasteiger partial charge in [0, 0.05) is 5.56 Å². The molecule has 2 rings (SSSR count). The van der Waals surface area contributed by atoms with E-state index < -0.39 is 0 Å². The molecule has 0 saturated heterocycles. The number of hydrogen-bond acceptors (Lipinski definition) is 5. The first kappa shape index (κ1) is 11.6. The number of ketones is 1. The zero-order valence-corrected chi connectivity index (χ0v) is 9.60. The van der Waals surface area contributed by atoms with Crippen molar-refractivity contribution >= 4 is 17.4 Å². The van der Waals surface area contributed by atoms with E-state index in [4.69, 9.17) is 4.74 Å². The number of hydrogen-bond donors (Lipinski definition) is 1. The molecule has 5 nitrogen and oxygen atoms in total. The van der Waals surface area contributed by atoms with Crippen LogP contribution in [0.5, 0.6) is 0 Å². The van der Waals surface area contributed by atoms with Gasteiger partial charge >= 0.3 is 5.97 Å². The molecule has 0 spiro atoms. The largest absolute Gasteiger partial charge is 0.465 e. The second kappa shape index (κ2) is 4.97. The van der Waals surface area contributed by atoms with Crippen molar-refractivity contribution < 1.29 is 14.3 Å². The van der Waals surface area contributed by atoms with Crippen LogP contribution in [0.3, 0.4) is 0 Å². The summed E-state index contributed by atoms with van der Waals surface area (Å²) < 4.78 is 4.84. The molecule has 0 bridgehead atoms. The Balaban J connectivity index is 2.07. The standard InChI is InChI=1S/C12H14N2O3/c1-2-17-12(16)8-14-7-11(15)9-5-3-4-6-10(9)13-14/h3-6,13H,2,7-8H2,1H3. The molecular formula is C12H14N2O3. The first-order chi connectivity index (χ1) is 8.20. The number of anilines is 1. The Bertz CT molecular complexity index is 445. The van der Waals surface area contributed by atoms with Crippen molar-refractivity contribution in [2.75, 3.05) is 25.1 Å². The minimum absolute atomic E-state index is 0.00338. The fourth-order valence-electron chi connectivity index (χ4n) is 1.75. The zero-order chi connectivity index (χ0) is 12.3. The van der Waals surface area contributed by atoms with Crippen molar-refractivity contribution in [3.05, 3.63) is 29.8 Å². The molecule has 17 heavy (non-hydrogen) atoms. The van der Waals surface area contributed by atoms with Gasteiger partial charge in [0.2, 0.25) is 0 Å². The van der Waals surface area contributed by atoms with Crippen molar-refractivity contribution in [2.24, 2.45) is 0 Å². The fraction of sp³-hybridized carbons (Fsp3) is 0.333. The number of Topliss-reactive ketones (excluding diaryl/α,β-unsaturated/α-hetero) is 1. The number of hydrazine groups is 1. The van der Waals surface area contributed by atoms with Gasteiger partial charge in [-0.1, -0.05) is 12.1 Å². The van der Waals surface area contributed by atoms with Gasteiger partial charge in [0.25, 0.3) is 0 Å². The molecule has 1 heterocycles. The Kier molecular flexibility index (Phi) is 3.39. The van der Waals surface area contributed by atoms with Crippen molar-refractivity contribution in [1.29, 1.82) is 0 Å². The molecule has 0 aromatic heterocycles. The number of carbonyl (C=O) groups is 2. The number of nitrogens with one attached hydrogen (secondary N) is 1. The molecule has 5 heteroatoms. The summed E-state index contributed by atoms with van der Waals surface area (Å²) in [6.07, 6.45) is 0. The summed E-state index contributed by atoms with van der Waals surface area (Å²) in [4.78, 5) is 23.1. The van der Waals surface area contributed by atoms with Crippen LogP contribution >= 0.6 is 0 Å². The van der Waals surface area contributed by atoms with Gasteiger partial charge in [0.15, 0.2) is 5.78 Å². The second-order valence-corrected chi connectivity index (χ2v) is 3.74. The number of carbonyl (C=O) groups excluding carboxylic acids is 2. The Morgan fingerprint density at radius 2 is 2.24 bits per heavy atom. The molecule has 0 fully saturated rings. The van der Waals surface area contributed by atoms with E-state index in [1.807, 2.05) is 18.2 Å². The molecule has 0 radical (unpaired) electrons. The minimum atomic E-state index is -0.341. The molecule has 0 unspecified atom stereocenters. The summed E-state index contributed by atoms with van der Waals surface area (Å²) >= 11 is 0. The van der Waals surface area contributed by atoms with Crippen LogP contribution < -0.4 is 5.43 Å². The predicted octanol–water partition coefficient (Wildman–Crippen LogP) is 1.07. The highest BCUT2D eigenvalue weighted by atomic mass is 16.5. The Labute approximate surface area is 99.3 Å². The average Bonchev–Trinajstić information content (AvgIpc) is 2.29. The highest BCUT2D eigenvalue weighted by molar-refractivity contribution is 6.04. The number of rotatable bonds is 3. The third kappa shape index (κ3) is 2.62. The number of esters is 1. The number of para-hydroxylation sites is 1. The fourth-order valence-corrected chi connectivity index (χ4v) is 1.75. The topological polar surface area (TPSA) is 58.6 Å². The highest BCUT2D eigenvalue weighted by Gasteiger charge is 2.23. The lowest BCUT2D eigenvalue weighted by molar-refractivity contribution is -0.143. The average molecular weight is 234 g/mol. The molecule has 0 saturated carbocycles. The van der Waals surface area contributed by atoms with Crippen molar-refractivity contribution in [1.82, 2.24) is 5.01 Å². The molecular weight excluding hydrogens is 220 g/mol.